The molecule has 2 heterocycles. The van der Waals surface area contributed by atoms with Gasteiger partial charge < -0.3 is 5.32 Å². The van der Waals surface area contributed by atoms with E-state index in [-0.39, 0.29) is 28.8 Å². The van der Waals surface area contributed by atoms with Gasteiger partial charge in [-0.05, 0) is 56.2 Å². The number of aryl methyl sites for hydroxylation is 3. The molecule has 0 saturated carbocycles. The van der Waals surface area contributed by atoms with Crippen LogP contribution in [0.1, 0.15) is 36.7 Å². The van der Waals surface area contributed by atoms with Crippen molar-refractivity contribution < 1.29 is 9.59 Å². The second-order valence-corrected chi connectivity index (χ2v) is 9.58. The van der Waals surface area contributed by atoms with Crippen molar-refractivity contribution in [3.05, 3.63) is 90.3 Å². The molecule has 6 nitrogen and oxygen atoms in total. The molecule has 0 aliphatic heterocycles. The monoisotopic (exact) mass is 499 g/mol. The summed E-state index contributed by atoms with van der Waals surface area (Å²) in [5, 5.41) is 3.86. The number of nitrogens with one attached hydrogen (secondary N) is 1. The lowest BCUT2D eigenvalue weighted by molar-refractivity contribution is 0.0969. The number of Topliss-reactive ketones (excluding diaryl/α,β-unsaturated/α-hetero) is 1. The van der Waals surface area contributed by atoms with Gasteiger partial charge >= 0.3 is 0 Å². The summed E-state index contributed by atoms with van der Waals surface area (Å²) < 4.78 is 1.22. The van der Waals surface area contributed by atoms with E-state index < -0.39 is 5.56 Å². The molecule has 33 heavy (non-hydrogen) atoms. The van der Waals surface area contributed by atoms with E-state index in [1.54, 1.807) is 13.0 Å². The van der Waals surface area contributed by atoms with Gasteiger partial charge in [0.15, 0.2) is 5.78 Å². The predicted octanol–water partition coefficient (Wildman–Crippen LogP) is 5.83. The van der Waals surface area contributed by atoms with Crippen LogP contribution in [0.4, 0.5) is 5.69 Å². The van der Waals surface area contributed by atoms with Gasteiger partial charge in [0.25, 0.3) is 11.5 Å². The quantitative estimate of drug-likeness (QED) is 0.350. The van der Waals surface area contributed by atoms with Gasteiger partial charge in [-0.2, -0.15) is 0 Å². The van der Waals surface area contributed by atoms with E-state index in [1.807, 2.05) is 32.0 Å². The van der Waals surface area contributed by atoms with Gasteiger partial charge in [0.1, 0.15) is 4.83 Å². The average molecular weight is 500 g/mol. The summed E-state index contributed by atoms with van der Waals surface area (Å²) in [6, 6.07) is 10.3. The molecule has 0 fully saturated rings. The van der Waals surface area contributed by atoms with Crippen molar-refractivity contribution in [2.45, 2.75) is 27.3 Å². The molecule has 4 aromatic rings. The normalized spacial score (nSPS) is 11.1. The van der Waals surface area contributed by atoms with E-state index in [1.165, 1.54) is 23.0 Å². The van der Waals surface area contributed by atoms with Gasteiger partial charge in [-0.3, -0.25) is 19.0 Å². The highest BCUT2D eigenvalue weighted by Gasteiger charge is 2.21. The van der Waals surface area contributed by atoms with Gasteiger partial charge in [0.2, 0.25) is 0 Å². The number of thiophene rings is 1. The SMILES string of the molecule is Cc1ccc(NC(=O)c2sc3ncn(CC(=O)c4ccc(Cl)cc4Cl)c(=O)c3c2C)c(C)c1. The molecular formula is C24H19Cl2N3O3S. The average Bonchev–Trinajstić information content (AvgIpc) is 3.09. The molecule has 0 spiro atoms. The van der Waals surface area contributed by atoms with E-state index in [9.17, 15) is 14.4 Å². The number of carbonyl (C=O) groups is 2. The fraction of sp³-hybridized carbons (Fsp3) is 0.167. The van der Waals surface area contributed by atoms with Crippen LogP contribution in [0.2, 0.25) is 10.0 Å². The van der Waals surface area contributed by atoms with E-state index >= 15 is 0 Å². The number of rotatable bonds is 5. The molecule has 1 N–H and O–H groups in total. The van der Waals surface area contributed by atoms with Crippen molar-refractivity contribution in [3.8, 4) is 0 Å². The van der Waals surface area contributed by atoms with Crippen LogP contribution in [0.15, 0.2) is 47.5 Å². The lowest BCUT2D eigenvalue weighted by Gasteiger charge is -2.08. The Labute approximate surface area is 203 Å². The lowest BCUT2D eigenvalue weighted by atomic mass is 10.1. The number of aromatic nitrogens is 2. The van der Waals surface area contributed by atoms with Gasteiger partial charge in [0, 0.05) is 16.3 Å². The standard InChI is InChI=1S/C24H19Cl2N3O3S/c1-12-4-7-18(13(2)8-12)28-22(31)21-14(3)20-23(33-21)27-11-29(24(20)32)10-19(30)16-6-5-15(25)9-17(16)26/h4-9,11H,10H2,1-3H3,(H,28,31). The Kier molecular flexibility index (Phi) is 6.38. The predicted molar refractivity (Wildman–Crippen MR) is 133 cm³/mol. The number of hydrogen-bond acceptors (Lipinski definition) is 5. The summed E-state index contributed by atoms with van der Waals surface area (Å²) in [4.78, 5) is 44.0. The maximum Gasteiger partial charge on any atom is 0.266 e. The fourth-order valence-electron chi connectivity index (χ4n) is 3.58. The third-order valence-corrected chi connectivity index (χ3v) is 7.05. The van der Waals surface area contributed by atoms with Crippen LogP contribution in [0, 0.1) is 20.8 Å². The molecule has 0 aliphatic rings. The molecule has 0 aliphatic carbocycles. The smallest absolute Gasteiger partial charge is 0.266 e. The maximum absolute atomic E-state index is 13.1. The number of anilines is 1. The highest BCUT2D eigenvalue weighted by Crippen LogP contribution is 2.28. The minimum absolute atomic E-state index is 0.214. The Morgan fingerprint density at radius 3 is 2.55 bits per heavy atom. The highest BCUT2D eigenvalue weighted by molar-refractivity contribution is 7.20. The molecule has 0 bridgehead atoms. The molecule has 1 amide bonds. The van der Waals surface area contributed by atoms with Crippen LogP contribution < -0.4 is 10.9 Å². The summed E-state index contributed by atoms with van der Waals surface area (Å²) in [6.45, 7) is 5.38. The summed E-state index contributed by atoms with van der Waals surface area (Å²) in [5.74, 6) is -0.655. The first-order valence-corrected chi connectivity index (χ1v) is 11.6. The highest BCUT2D eigenvalue weighted by atomic mass is 35.5. The number of nitrogens with zero attached hydrogens (tertiary/aromatic N) is 2. The van der Waals surface area contributed by atoms with Crippen molar-refractivity contribution in [3.63, 3.8) is 0 Å². The van der Waals surface area contributed by atoms with Crippen molar-refractivity contribution in [1.29, 1.82) is 0 Å². The Morgan fingerprint density at radius 1 is 1.09 bits per heavy atom. The van der Waals surface area contributed by atoms with Crippen LogP contribution in [-0.2, 0) is 6.54 Å². The molecule has 0 unspecified atom stereocenters. The molecular weight excluding hydrogens is 481 g/mol. The number of amides is 1. The Bertz CT molecular complexity index is 1490. The van der Waals surface area contributed by atoms with E-state index in [2.05, 4.69) is 10.3 Å². The minimum Gasteiger partial charge on any atom is -0.321 e. The number of benzene rings is 2. The third-order valence-electron chi connectivity index (χ3n) is 5.30. The van der Waals surface area contributed by atoms with Crippen LogP contribution in [0.5, 0.6) is 0 Å². The minimum atomic E-state index is -0.391. The topological polar surface area (TPSA) is 81.1 Å². The summed E-state index contributed by atoms with van der Waals surface area (Å²) in [5.41, 5.74) is 3.16. The van der Waals surface area contributed by atoms with Crippen LogP contribution in [0.25, 0.3) is 10.2 Å². The number of ketones is 1. The Hall–Kier alpha value is -3.00. The van der Waals surface area contributed by atoms with E-state index in [0.29, 0.717) is 31.4 Å². The molecule has 2 aromatic carbocycles. The first-order valence-electron chi connectivity index (χ1n) is 10.0. The van der Waals surface area contributed by atoms with Gasteiger partial charge in [0.05, 0.1) is 28.2 Å². The lowest BCUT2D eigenvalue weighted by Crippen LogP contribution is -2.25. The van der Waals surface area contributed by atoms with Gasteiger partial charge in [-0.25, -0.2) is 4.98 Å². The fourth-order valence-corrected chi connectivity index (χ4v) is 5.13. The zero-order valence-electron chi connectivity index (χ0n) is 18.0. The summed E-state index contributed by atoms with van der Waals surface area (Å²) >= 11 is 13.2. The molecule has 9 heteroatoms. The molecule has 0 radical (unpaired) electrons. The van der Waals surface area contributed by atoms with Crippen molar-refractivity contribution in [2.75, 3.05) is 5.32 Å². The number of halogens is 2. The largest absolute Gasteiger partial charge is 0.321 e. The molecule has 0 atom stereocenters. The van der Waals surface area contributed by atoms with Gasteiger partial charge in [-0.15, -0.1) is 11.3 Å². The zero-order valence-corrected chi connectivity index (χ0v) is 20.4. The zero-order chi connectivity index (χ0) is 23.9. The molecule has 4 rings (SSSR count). The number of fused-ring (bicyclic) bond motifs is 1. The molecule has 0 saturated heterocycles. The third kappa shape index (κ3) is 4.57. The maximum atomic E-state index is 13.1. The number of hydrogen-bond donors (Lipinski definition) is 1. The van der Waals surface area contributed by atoms with Crippen LogP contribution in [0.3, 0.4) is 0 Å². The molecule has 2 aromatic heterocycles. The number of carbonyl (C=O) groups excluding carboxylic acids is 2. The van der Waals surface area contributed by atoms with Crippen molar-refractivity contribution >= 4 is 62.1 Å². The van der Waals surface area contributed by atoms with Crippen molar-refractivity contribution in [1.82, 2.24) is 9.55 Å². The second kappa shape index (κ2) is 9.09. The summed E-state index contributed by atoms with van der Waals surface area (Å²) in [7, 11) is 0. The van der Waals surface area contributed by atoms with E-state index in [0.717, 1.165) is 22.5 Å². The first kappa shape index (κ1) is 23.2. The molecule has 168 valence electrons. The second-order valence-electron chi connectivity index (χ2n) is 7.73. The van der Waals surface area contributed by atoms with Crippen LogP contribution in [-0.4, -0.2) is 21.2 Å². The van der Waals surface area contributed by atoms with Crippen LogP contribution >= 0.6 is 34.5 Å². The summed E-state index contributed by atoms with van der Waals surface area (Å²) in [6.07, 6.45) is 1.31. The van der Waals surface area contributed by atoms with Crippen molar-refractivity contribution in [2.24, 2.45) is 0 Å². The van der Waals surface area contributed by atoms with E-state index in [4.69, 9.17) is 23.2 Å². The Balaban J connectivity index is 1.65. The van der Waals surface area contributed by atoms with Gasteiger partial charge in [-0.1, -0.05) is 40.9 Å². The Morgan fingerprint density at radius 2 is 1.85 bits per heavy atom. The first-order chi connectivity index (χ1) is 15.7.